The third-order valence-corrected chi connectivity index (χ3v) is 4.04. The van der Waals surface area contributed by atoms with E-state index in [2.05, 4.69) is 5.32 Å². The zero-order valence-electron chi connectivity index (χ0n) is 16.3. The van der Waals surface area contributed by atoms with Gasteiger partial charge in [-0.1, -0.05) is 48.5 Å². The zero-order valence-corrected chi connectivity index (χ0v) is 16.3. The molecular weight excluding hydrogens is 396 g/mol. The molecule has 154 valence electrons. The van der Waals surface area contributed by atoms with Crippen LogP contribution in [-0.4, -0.2) is 18.5 Å². The van der Waals surface area contributed by atoms with E-state index in [1.165, 1.54) is 12.1 Å². The summed E-state index contributed by atoms with van der Waals surface area (Å²) in [4.78, 5) is 23.4. The molecule has 0 radical (unpaired) electrons. The van der Waals surface area contributed by atoms with Gasteiger partial charge in [0.25, 0.3) is 5.91 Å². The Bertz CT molecular complexity index is 1150. The molecule has 1 amide bonds. The van der Waals surface area contributed by atoms with E-state index in [0.717, 1.165) is 0 Å². The first-order valence-electron chi connectivity index (χ1n) is 9.23. The van der Waals surface area contributed by atoms with Crippen LogP contribution in [-0.2, 0) is 9.59 Å². The lowest BCUT2D eigenvalue weighted by Gasteiger charge is -2.12. The van der Waals surface area contributed by atoms with Crippen LogP contribution in [0.25, 0.3) is 6.08 Å². The molecular formula is C24H17N2O5-. The molecule has 0 spiro atoms. The Morgan fingerprint density at radius 2 is 1.58 bits per heavy atom. The van der Waals surface area contributed by atoms with Crippen LogP contribution < -0.4 is 19.9 Å². The number of hydrogen-bond donors (Lipinski definition) is 1. The maximum atomic E-state index is 12.7. The first-order valence-corrected chi connectivity index (χ1v) is 9.23. The number of para-hydroxylation sites is 4. The number of carbonyl (C=O) groups is 2. The Labute approximate surface area is 178 Å². The van der Waals surface area contributed by atoms with Crippen LogP contribution in [0.15, 0.2) is 84.4 Å². The van der Waals surface area contributed by atoms with Gasteiger partial charge in [-0.15, -0.1) is 0 Å². The number of nitriles is 1. The number of rotatable bonds is 8. The summed E-state index contributed by atoms with van der Waals surface area (Å²) >= 11 is 0. The lowest BCUT2D eigenvalue weighted by Crippen LogP contribution is -2.29. The van der Waals surface area contributed by atoms with Crippen LogP contribution in [0.4, 0.5) is 5.69 Å². The number of amides is 1. The van der Waals surface area contributed by atoms with Gasteiger partial charge in [-0.05, 0) is 36.4 Å². The monoisotopic (exact) mass is 413 g/mol. The smallest absolute Gasteiger partial charge is 0.266 e. The molecule has 0 bridgehead atoms. The molecule has 0 atom stereocenters. The number of ether oxygens (including phenoxy) is 2. The van der Waals surface area contributed by atoms with E-state index in [-0.39, 0.29) is 11.3 Å². The second-order valence-electron chi connectivity index (χ2n) is 6.23. The van der Waals surface area contributed by atoms with E-state index in [1.807, 2.05) is 24.3 Å². The fourth-order valence-corrected chi connectivity index (χ4v) is 2.64. The molecule has 0 fully saturated rings. The van der Waals surface area contributed by atoms with Crippen molar-refractivity contribution in [2.45, 2.75) is 0 Å². The van der Waals surface area contributed by atoms with Crippen LogP contribution in [0.1, 0.15) is 5.56 Å². The number of carbonyl (C=O) groups excluding carboxylic acids is 2. The molecule has 1 N–H and O–H groups in total. The molecule has 0 saturated carbocycles. The van der Waals surface area contributed by atoms with Gasteiger partial charge in [-0.2, -0.15) is 5.26 Å². The van der Waals surface area contributed by atoms with Gasteiger partial charge in [0, 0.05) is 5.56 Å². The maximum absolute atomic E-state index is 12.7. The van der Waals surface area contributed by atoms with Crippen LogP contribution in [0, 0.1) is 11.3 Å². The highest BCUT2D eigenvalue weighted by Crippen LogP contribution is 2.29. The Morgan fingerprint density at radius 3 is 2.29 bits per heavy atom. The summed E-state index contributed by atoms with van der Waals surface area (Å²) in [6, 6.07) is 24.2. The van der Waals surface area contributed by atoms with Crippen molar-refractivity contribution < 1.29 is 24.2 Å². The van der Waals surface area contributed by atoms with Gasteiger partial charge in [-0.3, -0.25) is 4.79 Å². The molecule has 3 rings (SSSR count). The topological polar surface area (TPSA) is 111 Å². The van der Waals surface area contributed by atoms with Crippen molar-refractivity contribution in [3.05, 3.63) is 90.0 Å². The summed E-state index contributed by atoms with van der Waals surface area (Å²) < 4.78 is 11.0. The molecule has 7 heteroatoms. The number of carboxylic acid groups (broad SMARTS) is 1. The molecule has 0 aliphatic heterocycles. The van der Waals surface area contributed by atoms with Crippen molar-refractivity contribution in [2.24, 2.45) is 0 Å². The zero-order chi connectivity index (χ0) is 22.1. The summed E-state index contributed by atoms with van der Waals surface area (Å²) in [7, 11) is 0. The SMILES string of the molecule is N#C/C(=C\c1ccccc1OCC(=O)[O-])C(=O)Nc1ccccc1Oc1ccccc1. The summed E-state index contributed by atoms with van der Waals surface area (Å²) in [5.41, 5.74) is 0.572. The van der Waals surface area contributed by atoms with Gasteiger partial charge >= 0.3 is 0 Å². The third kappa shape index (κ3) is 5.95. The summed E-state index contributed by atoms with van der Waals surface area (Å²) in [5.74, 6) is -0.815. The predicted octanol–water partition coefficient (Wildman–Crippen LogP) is 3.15. The fourth-order valence-electron chi connectivity index (χ4n) is 2.64. The summed E-state index contributed by atoms with van der Waals surface area (Å²) in [5, 5.41) is 22.8. The second-order valence-corrected chi connectivity index (χ2v) is 6.23. The lowest BCUT2D eigenvalue weighted by atomic mass is 10.1. The highest BCUT2D eigenvalue weighted by molar-refractivity contribution is 6.10. The number of aliphatic carboxylic acids is 1. The number of nitrogens with one attached hydrogen (secondary N) is 1. The van der Waals surface area contributed by atoms with Crippen LogP contribution >= 0.6 is 0 Å². The van der Waals surface area contributed by atoms with E-state index in [4.69, 9.17) is 9.47 Å². The highest BCUT2D eigenvalue weighted by Gasteiger charge is 2.14. The van der Waals surface area contributed by atoms with Gasteiger partial charge in [0.15, 0.2) is 5.75 Å². The number of benzene rings is 3. The molecule has 0 saturated heterocycles. The standard InChI is InChI=1S/C24H18N2O5/c25-15-18(14-17-8-4-6-12-21(17)30-16-23(27)28)24(29)26-20-11-5-7-13-22(20)31-19-9-2-1-3-10-19/h1-14H,16H2,(H,26,29)(H,27,28)/p-1/b18-14+. The minimum atomic E-state index is -1.38. The molecule has 3 aromatic rings. The van der Waals surface area contributed by atoms with E-state index in [1.54, 1.807) is 54.6 Å². The maximum Gasteiger partial charge on any atom is 0.266 e. The normalized spacial score (nSPS) is 10.6. The average Bonchev–Trinajstić information content (AvgIpc) is 2.78. The van der Waals surface area contributed by atoms with Crippen molar-refractivity contribution in [3.63, 3.8) is 0 Å². The molecule has 0 aromatic heterocycles. The molecule has 0 aliphatic rings. The van der Waals surface area contributed by atoms with E-state index in [9.17, 15) is 20.0 Å². The number of anilines is 1. The highest BCUT2D eigenvalue weighted by atomic mass is 16.5. The molecule has 0 aliphatic carbocycles. The molecule has 3 aromatic carbocycles. The van der Waals surface area contributed by atoms with Crippen molar-refractivity contribution >= 4 is 23.6 Å². The van der Waals surface area contributed by atoms with E-state index < -0.39 is 18.5 Å². The predicted molar refractivity (Wildman–Crippen MR) is 112 cm³/mol. The Kier molecular flexibility index (Phi) is 7.01. The Morgan fingerprint density at radius 1 is 0.935 bits per heavy atom. The van der Waals surface area contributed by atoms with Crippen LogP contribution in [0.3, 0.4) is 0 Å². The molecule has 7 nitrogen and oxygen atoms in total. The van der Waals surface area contributed by atoms with Crippen molar-refractivity contribution in [1.82, 2.24) is 0 Å². The molecule has 0 heterocycles. The fraction of sp³-hybridized carbons (Fsp3) is 0.0417. The lowest BCUT2D eigenvalue weighted by molar-refractivity contribution is -0.307. The van der Waals surface area contributed by atoms with Crippen molar-refractivity contribution in [3.8, 4) is 23.3 Å². The number of nitrogens with zero attached hydrogens (tertiary/aromatic N) is 1. The average molecular weight is 413 g/mol. The van der Waals surface area contributed by atoms with Crippen LogP contribution in [0.2, 0.25) is 0 Å². The van der Waals surface area contributed by atoms with Gasteiger partial charge in [0.1, 0.15) is 29.7 Å². The van der Waals surface area contributed by atoms with E-state index >= 15 is 0 Å². The summed E-state index contributed by atoms with van der Waals surface area (Å²) in [6.45, 7) is -0.650. The van der Waals surface area contributed by atoms with E-state index in [0.29, 0.717) is 22.7 Å². The third-order valence-electron chi connectivity index (χ3n) is 4.04. The van der Waals surface area contributed by atoms with Gasteiger partial charge in [0.2, 0.25) is 0 Å². The van der Waals surface area contributed by atoms with Crippen LogP contribution in [0.5, 0.6) is 17.2 Å². The largest absolute Gasteiger partial charge is 0.546 e. The first-order chi connectivity index (χ1) is 15.1. The number of hydrogen-bond acceptors (Lipinski definition) is 6. The first kappa shape index (κ1) is 21.1. The van der Waals surface area contributed by atoms with Gasteiger partial charge in [-0.25, -0.2) is 0 Å². The van der Waals surface area contributed by atoms with Gasteiger partial charge < -0.3 is 24.7 Å². The Hall–Kier alpha value is -4.57. The van der Waals surface area contributed by atoms with Crippen molar-refractivity contribution in [1.29, 1.82) is 5.26 Å². The number of carboxylic acids is 1. The second kappa shape index (κ2) is 10.3. The quantitative estimate of drug-likeness (QED) is 0.449. The van der Waals surface area contributed by atoms with Gasteiger partial charge in [0.05, 0.1) is 11.7 Å². The molecule has 0 unspecified atom stereocenters. The Balaban J connectivity index is 1.82. The minimum Gasteiger partial charge on any atom is -0.546 e. The van der Waals surface area contributed by atoms with Crippen molar-refractivity contribution in [2.75, 3.05) is 11.9 Å². The summed E-state index contributed by atoms with van der Waals surface area (Å²) in [6.07, 6.45) is 1.32. The molecule has 31 heavy (non-hydrogen) atoms. The minimum absolute atomic E-state index is 0.195.